The second kappa shape index (κ2) is 5.95. The van der Waals surface area contributed by atoms with E-state index >= 15 is 0 Å². The first kappa shape index (κ1) is 13.7. The standard InChI is InChI=1S/C12H13Br2N3O/c1-7-10(8(2)18-17-7)5-15-6-12-11(14)3-9(13)4-16-12/h3-4,15H,5-6H2,1-2H3. The third-order valence-corrected chi connectivity index (χ3v) is 3.78. The zero-order chi connectivity index (χ0) is 13.1. The smallest absolute Gasteiger partial charge is 0.138 e. The van der Waals surface area contributed by atoms with E-state index in [1.54, 1.807) is 6.20 Å². The number of aromatic nitrogens is 2. The van der Waals surface area contributed by atoms with Crippen LogP contribution in [0.15, 0.2) is 25.7 Å². The number of nitrogens with one attached hydrogen (secondary N) is 1. The van der Waals surface area contributed by atoms with Crippen LogP contribution in [0.3, 0.4) is 0 Å². The number of halogens is 2. The van der Waals surface area contributed by atoms with Crippen molar-refractivity contribution in [1.82, 2.24) is 15.5 Å². The molecule has 0 saturated heterocycles. The Morgan fingerprint density at radius 1 is 1.28 bits per heavy atom. The van der Waals surface area contributed by atoms with Crippen molar-refractivity contribution in [1.29, 1.82) is 0 Å². The van der Waals surface area contributed by atoms with Crippen molar-refractivity contribution in [2.75, 3.05) is 0 Å². The van der Waals surface area contributed by atoms with Crippen LogP contribution in [0.5, 0.6) is 0 Å². The molecule has 0 spiro atoms. The van der Waals surface area contributed by atoms with Crippen LogP contribution < -0.4 is 5.32 Å². The van der Waals surface area contributed by atoms with Crippen LogP contribution in [0.25, 0.3) is 0 Å². The minimum absolute atomic E-state index is 0.692. The minimum atomic E-state index is 0.692. The molecular formula is C12H13Br2N3O. The van der Waals surface area contributed by atoms with Crippen LogP contribution in [0.1, 0.15) is 22.7 Å². The highest BCUT2D eigenvalue weighted by Gasteiger charge is 2.08. The van der Waals surface area contributed by atoms with E-state index in [0.29, 0.717) is 6.54 Å². The van der Waals surface area contributed by atoms with Gasteiger partial charge in [0.2, 0.25) is 0 Å². The largest absolute Gasteiger partial charge is 0.361 e. The molecule has 0 fully saturated rings. The molecule has 2 heterocycles. The summed E-state index contributed by atoms with van der Waals surface area (Å²) in [5.41, 5.74) is 3.02. The lowest BCUT2D eigenvalue weighted by Crippen LogP contribution is -2.15. The monoisotopic (exact) mass is 373 g/mol. The lowest BCUT2D eigenvalue weighted by atomic mass is 10.2. The van der Waals surface area contributed by atoms with Crippen LogP contribution >= 0.6 is 31.9 Å². The Hall–Kier alpha value is -0.720. The molecule has 0 saturated carbocycles. The second-order valence-electron chi connectivity index (χ2n) is 3.99. The Morgan fingerprint density at radius 3 is 2.67 bits per heavy atom. The number of hydrogen-bond donors (Lipinski definition) is 1. The molecule has 0 aliphatic carbocycles. The average molecular weight is 375 g/mol. The first-order valence-electron chi connectivity index (χ1n) is 5.50. The zero-order valence-electron chi connectivity index (χ0n) is 10.1. The van der Waals surface area contributed by atoms with Gasteiger partial charge in [0.1, 0.15) is 5.76 Å². The Bertz CT molecular complexity index is 535. The van der Waals surface area contributed by atoms with Crippen molar-refractivity contribution in [3.05, 3.63) is 43.9 Å². The van der Waals surface area contributed by atoms with Crippen molar-refractivity contribution < 1.29 is 4.52 Å². The lowest BCUT2D eigenvalue weighted by molar-refractivity contribution is 0.392. The summed E-state index contributed by atoms with van der Waals surface area (Å²) in [7, 11) is 0. The van der Waals surface area contributed by atoms with E-state index in [4.69, 9.17) is 4.52 Å². The van der Waals surface area contributed by atoms with Crippen molar-refractivity contribution in [2.24, 2.45) is 0 Å². The van der Waals surface area contributed by atoms with E-state index in [2.05, 4.69) is 47.3 Å². The molecule has 4 nitrogen and oxygen atoms in total. The van der Waals surface area contributed by atoms with E-state index < -0.39 is 0 Å². The maximum atomic E-state index is 5.12. The molecule has 0 aromatic carbocycles. The van der Waals surface area contributed by atoms with Gasteiger partial charge in [0.05, 0.1) is 11.4 Å². The van der Waals surface area contributed by atoms with Gasteiger partial charge in [-0.2, -0.15) is 0 Å². The summed E-state index contributed by atoms with van der Waals surface area (Å²) >= 11 is 6.87. The van der Waals surface area contributed by atoms with Crippen molar-refractivity contribution in [3.63, 3.8) is 0 Å². The molecule has 0 atom stereocenters. The Labute approximate surface area is 122 Å². The Balaban J connectivity index is 1.96. The summed E-state index contributed by atoms with van der Waals surface area (Å²) < 4.78 is 7.07. The molecule has 0 aliphatic rings. The molecule has 2 rings (SSSR count). The van der Waals surface area contributed by atoms with E-state index in [1.165, 1.54) is 0 Å². The topological polar surface area (TPSA) is 51.0 Å². The highest BCUT2D eigenvalue weighted by molar-refractivity contribution is 9.11. The normalized spacial score (nSPS) is 10.9. The molecule has 0 amide bonds. The summed E-state index contributed by atoms with van der Waals surface area (Å²) in [5.74, 6) is 0.864. The fourth-order valence-corrected chi connectivity index (χ4v) is 2.76. The molecule has 18 heavy (non-hydrogen) atoms. The van der Waals surface area contributed by atoms with Crippen molar-refractivity contribution in [3.8, 4) is 0 Å². The van der Waals surface area contributed by atoms with Gasteiger partial charge in [-0.3, -0.25) is 4.98 Å². The molecule has 1 N–H and O–H groups in total. The number of rotatable bonds is 4. The predicted molar refractivity (Wildman–Crippen MR) is 76.2 cm³/mol. The molecule has 0 radical (unpaired) electrons. The van der Waals surface area contributed by atoms with E-state index in [-0.39, 0.29) is 0 Å². The number of nitrogens with zero attached hydrogens (tertiary/aromatic N) is 2. The van der Waals surface area contributed by atoms with Gasteiger partial charge < -0.3 is 9.84 Å². The molecule has 2 aromatic heterocycles. The molecule has 0 unspecified atom stereocenters. The summed E-state index contributed by atoms with van der Waals surface area (Å²) in [5, 5.41) is 7.26. The molecular weight excluding hydrogens is 362 g/mol. The fraction of sp³-hybridized carbons (Fsp3) is 0.333. The van der Waals surface area contributed by atoms with Crippen molar-refractivity contribution >= 4 is 31.9 Å². The van der Waals surface area contributed by atoms with Gasteiger partial charge >= 0.3 is 0 Å². The molecule has 0 aliphatic heterocycles. The first-order valence-corrected chi connectivity index (χ1v) is 7.09. The predicted octanol–water partition coefficient (Wildman–Crippen LogP) is 3.50. The Kier molecular flexibility index (Phi) is 4.53. The fourth-order valence-electron chi connectivity index (χ4n) is 1.63. The maximum Gasteiger partial charge on any atom is 0.138 e. The van der Waals surface area contributed by atoms with Gasteiger partial charge in [0, 0.05) is 33.8 Å². The van der Waals surface area contributed by atoms with Crippen molar-refractivity contribution in [2.45, 2.75) is 26.9 Å². The minimum Gasteiger partial charge on any atom is -0.361 e. The zero-order valence-corrected chi connectivity index (χ0v) is 13.3. The number of aryl methyl sites for hydroxylation is 2. The van der Waals surface area contributed by atoms with Crippen LogP contribution in [-0.4, -0.2) is 10.1 Å². The third-order valence-electron chi connectivity index (χ3n) is 2.66. The van der Waals surface area contributed by atoms with Crippen LogP contribution in [-0.2, 0) is 13.1 Å². The van der Waals surface area contributed by atoms with Crippen LogP contribution in [0, 0.1) is 13.8 Å². The maximum absolute atomic E-state index is 5.12. The average Bonchev–Trinajstić information content (AvgIpc) is 2.63. The van der Waals surface area contributed by atoms with Gasteiger partial charge in [-0.15, -0.1) is 0 Å². The molecule has 0 bridgehead atoms. The summed E-state index contributed by atoms with van der Waals surface area (Å²) in [6, 6.07) is 1.99. The van der Waals surface area contributed by atoms with E-state index in [0.717, 1.165) is 38.2 Å². The highest BCUT2D eigenvalue weighted by atomic mass is 79.9. The summed E-state index contributed by atoms with van der Waals surface area (Å²) in [6.45, 7) is 5.29. The molecule has 6 heteroatoms. The highest BCUT2D eigenvalue weighted by Crippen LogP contribution is 2.19. The van der Waals surface area contributed by atoms with Gasteiger partial charge in [-0.05, 0) is 51.8 Å². The molecule has 96 valence electrons. The van der Waals surface area contributed by atoms with Gasteiger partial charge in [-0.25, -0.2) is 0 Å². The SMILES string of the molecule is Cc1noc(C)c1CNCc1ncc(Br)cc1Br. The number of hydrogen-bond acceptors (Lipinski definition) is 4. The quantitative estimate of drug-likeness (QED) is 0.889. The van der Waals surface area contributed by atoms with Crippen LogP contribution in [0.4, 0.5) is 0 Å². The second-order valence-corrected chi connectivity index (χ2v) is 5.76. The summed E-state index contributed by atoms with van der Waals surface area (Å²) in [6.07, 6.45) is 1.79. The third kappa shape index (κ3) is 3.18. The van der Waals surface area contributed by atoms with Gasteiger partial charge in [0.15, 0.2) is 0 Å². The molecule has 2 aromatic rings. The number of pyridine rings is 1. The lowest BCUT2D eigenvalue weighted by Gasteiger charge is -2.06. The van der Waals surface area contributed by atoms with Gasteiger partial charge in [0.25, 0.3) is 0 Å². The first-order chi connectivity index (χ1) is 8.58. The van der Waals surface area contributed by atoms with Gasteiger partial charge in [-0.1, -0.05) is 5.16 Å². The summed E-state index contributed by atoms with van der Waals surface area (Å²) in [4.78, 5) is 4.35. The van der Waals surface area contributed by atoms with E-state index in [1.807, 2.05) is 19.9 Å². The van der Waals surface area contributed by atoms with Crippen LogP contribution in [0.2, 0.25) is 0 Å². The Morgan fingerprint density at radius 2 is 2.06 bits per heavy atom. The van der Waals surface area contributed by atoms with E-state index in [9.17, 15) is 0 Å².